The van der Waals surface area contributed by atoms with Crippen LogP contribution in [0.1, 0.15) is 0 Å². The monoisotopic (exact) mass is 262 g/mol. The van der Waals surface area contributed by atoms with Gasteiger partial charge in [0.2, 0.25) is 0 Å². The maximum absolute atomic E-state index is 7.62. The van der Waals surface area contributed by atoms with Gasteiger partial charge in [-0.3, -0.25) is 0 Å². The zero-order chi connectivity index (χ0) is 14.1. The lowest BCUT2D eigenvalue weighted by Gasteiger charge is -2.05. The summed E-state index contributed by atoms with van der Waals surface area (Å²) in [6.45, 7) is -0.250. The largest absolute Gasteiger partial charge is 0.457 e. The Balaban J connectivity index is 0.000000399. The first-order chi connectivity index (χ1) is 9.15. The van der Waals surface area contributed by atoms with Gasteiger partial charge in [0.15, 0.2) is 0 Å². The molecule has 0 amide bonds. The smallest absolute Gasteiger partial charge is 0.127 e. The SMILES string of the molecule is Nc1ccc(Oc2ccc(N)cc2)cc1.OCCO. The van der Waals surface area contributed by atoms with Crippen molar-refractivity contribution in [3.05, 3.63) is 48.5 Å². The van der Waals surface area contributed by atoms with Gasteiger partial charge in [0.25, 0.3) is 0 Å². The number of ether oxygens (including phenoxy) is 1. The van der Waals surface area contributed by atoms with Gasteiger partial charge in [-0.2, -0.15) is 0 Å². The van der Waals surface area contributed by atoms with E-state index in [0.29, 0.717) is 0 Å². The number of rotatable bonds is 3. The Morgan fingerprint density at radius 2 is 1.00 bits per heavy atom. The summed E-state index contributed by atoms with van der Waals surface area (Å²) < 4.78 is 5.58. The second kappa shape index (κ2) is 7.97. The van der Waals surface area contributed by atoms with Crippen LogP contribution in [0.3, 0.4) is 0 Å². The number of nitrogens with two attached hydrogens (primary N) is 2. The molecule has 0 saturated carbocycles. The average molecular weight is 262 g/mol. The summed E-state index contributed by atoms with van der Waals surface area (Å²) in [5.41, 5.74) is 12.6. The van der Waals surface area contributed by atoms with Crippen LogP contribution in [-0.2, 0) is 0 Å². The molecule has 2 rings (SSSR count). The van der Waals surface area contributed by atoms with Gasteiger partial charge in [-0.1, -0.05) is 0 Å². The van der Waals surface area contributed by atoms with Gasteiger partial charge in [-0.05, 0) is 48.5 Å². The molecule has 0 fully saturated rings. The molecule has 0 spiro atoms. The van der Waals surface area contributed by atoms with Crippen molar-refractivity contribution in [1.29, 1.82) is 0 Å². The zero-order valence-electron chi connectivity index (χ0n) is 10.5. The Bertz CT molecular complexity index is 424. The summed E-state index contributed by atoms with van der Waals surface area (Å²) in [7, 11) is 0. The predicted octanol–water partition coefficient (Wildman–Crippen LogP) is 1.61. The van der Waals surface area contributed by atoms with Gasteiger partial charge in [0, 0.05) is 11.4 Å². The van der Waals surface area contributed by atoms with E-state index in [9.17, 15) is 0 Å². The molecule has 102 valence electrons. The Morgan fingerprint density at radius 3 is 1.26 bits per heavy atom. The minimum atomic E-state index is -0.125. The third-order valence-corrected chi connectivity index (χ3v) is 2.10. The van der Waals surface area contributed by atoms with Crippen LogP contribution in [0.2, 0.25) is 0 Å². The average Bonchev–Trinajstić information content (AvgIpc) is 2.44. The molecular formula is C14H18N2O3. The lowest BCUT2D eigenvalue weighted by molar-refractivity contribution is 0.186. The first-order valence-corrected chi connectivity index (χ1v) is 5.76. The molecule has 5 heteroatoms. The molecule has 0 heterocycles. The van der Waals surface area contributed by atoms with Crippen molar-refractivity contribution < 1.29 is 14.9 Å². The van der Waals surface area contributed by atoms with Crippen LogP contribution in [0.5, 0.6) is 11.5 Å². The molecule has 0 atom stereocenters. The first-order valence-electron chi connectivity index (χ1n) is 5.76. The summed E-state index contributed by atoms with van der Waals surface area (Å²) >= 11 is 0. The Labute approximate surface area is 112 Å². The Hall–Kier alpha value is -2.24. The van der Waals surface area contributed by atoms with Crippen LogP contribution in [-0.4, -0.2) is 23.4 Å². The fourth-order valence-corrected chi connectivity index (χ4v) is 1.21. The van der Waals surface area contributed by atoms with Crippen molar-refractivity contribution >= 4 is 11.4 Å². The van der Waals surface area contributed by atoms with Crippen molar-refractivity contribution in [3.8, 4) is 11.5 Å². The summed E-state index contributed by atoms with van der Waals surface area (Å²) in [4.78, 5) is 0. The first kappa shape index (κ1) is 14.8. The van der Waals surface area contributed by atoms with Gasteiger partial charge in [-0.15, -0.1) is 0 Å². The Kier molecular flexibility index (Phi) is 6.21. The molecule has 0 bridgehead atoms. The molecular weight excluding hydrogens is 244 g/mol. The maximum Gasteiger partial charge on any atom is 0.127 e. The van der Waals surface area contributed by atoms with Gasteiger partial charge in [0.05, 0.1) is 13.2 Å². The van der Waals surface area contributed by atoms with E-state index in [-0.39, 0.29) is 13.2 Å². The molecule has 0 aliphatic rings. The highest BCUT2D eigenvalue weighted by atomic mass is 16.5. The summed E-state index contributed by atoms with van der Waals surface area (Å²) in [6.07, 6.45) is 0. The van der Waals surface area contributed by atoms with Gasteiger partial charge in [-0.25, -0.2) is 0 Å². The van der Waals surface area contributed by atoms with Crippen LogP contribution in [0, 0.1) is 0 Å². The van der Waals surface area contributed by atoms with Crippen LogP contribution in [0.15, 0.2) is 48.5 Å². The molecule has 5 nitrogen and oxygen atoms in total. The van der Waals surface area contributed by atoms with Crippen LogP contribution < -0.4 is 16.2 Å². The van der Waals surface area contributed by atoms with Crippen molar-refractivity contribution in [1.82, 2.24) is 0 Å². The second-order valence-corrected chi connectivity index (χ2v) is 3.69. The van der Waals surface area contributed by atoms with E-state index in [1.165, 1.54) is 0 Å². The molecule has 19 heavy (non-hydrogen) atoms. The van der Waals surface area contributed by atoms with E-state index in [0.717, 1.165) is 22.9 Å². The molecule has 0 saturated heterocycles. The Morgan fingerprint density at radius 1 is 0.684 bits per heavy atom. The standard InChI is InChI=1S/C12H12N2O.C2H6O2/c13-9-1-5-11(6-2-9)15-12-7-3-10(14)4-8-12;3-1-2-4/h1-8H,13-14H2;3-4H,1-2H2. The van der Waals surface area contributed by atoms with Gasteiger partial charge >= 0.3 is 0 Å². The number of aliphatic hydroxyl groups is 2. The van der Waals surface area contributed by atoms with E-state index in [1.54, 1.807) is 24.3 Å². The van der Waals surface area contributed by atoms with Crippen LogP contribution in [0.25, 0.3) is 0 Å². The maximum atomic E-state index is 7.62. The van der Waals surface area contributed by atoms with Crippen LogP contribution in [0.4, 0.5) is 11.4 Å². The lowest BCUT2D eigenvalue weighted by Crippen LogP contribution is -1.87. The third-order valence-electron chi connectivity index (χ3n) is 2.10. The van der Waals surface area contributed by atoms with Crippen LogP contribution >= 0.6 is 0 Å². The fourth-order valence-electron chi connectivity index (χ4n) is 1.21. The topological polar surface area (TPSA) is 102 Å². The quantitative estimate of drug-likeness (QED) is 0.629. The van der Waals surface area contributed by atoms with Gasteiger partial charge in [0.1, 0.15) is 11.5 Å². The summed E-state index contributed by atoms with van der Waals surface area (Å²) in [5.74, 6) is 1.52. The number of hydrogen-bond acceptors (Lipinski definition) is 5. The number of benzene rings is 2. The van der Waals surface area contributed by atoms with E-state index in [1.807, 2.05) is 24.3 Å². The minimum absolute atomic E-state index is 0.125. The second-order valence-electron chi connectivity index (χ2n) is 3.69. The number of hydrogen-bond donors (Lipinski definition) is 4. The van der Waals surface area contributed by atoms with E-state index >= 15 is 0 Å². The van der Waals surface area contributed by atoms with E-state index in [2.05, 4.69) is 0 Å². The highest BCUT2D eigenvalue weighted by Gasteiger charge is 1.96. The van der Waals surface area contributed by atoms with E-state index in [4.69, 9.17) is 26.4 Å². The number of aliphatic hydroxyl groups excluding tert-OH is 2. The van der Waals surface area contributed by atoms with Crippen molar-refractivity contribution in [2.24, 2.45) is 0 Å². The fraction of sp³-hybridized carbons (Fsp3) is 0.143. The van der Waals surface area contributed by atoms with Crippen molar-refractivity contribution in [2.75, 3.05) is 24.7 Å². The molecule has 2 aromatic rings. The molecule has 6 N–H and O–H groups in total. The molecule has 2 aromatic carbocycles. The molecule has 0 aromatic heterocycles. The molecule has 0 aliphatic heterocycles. The normalized spacial score (nSPS) is 9.37. The predicted molar refractivity (Wildman–Crippen MR) is 76.0 cm³/mol. The number of anilines is 2. The van der Waals surface area contributed by atoms with Crippen molar-refractivity contribution in [2.45, 2.75) is 0 Å². The molecule has 0 radical (unpaired) electrons. The van der Waals surface area contributed by atoms with Crippen molar-refractivity contribution in [3.63, 3.8) is 0 Å². The highest BCUT2D eigenvalue weighted by Crippen LogP contribution is 2.22. The lowest BCUT2D eigenvalue weighted by atomic mass is 10.3. The summed E-state index contributed by atoms with van der Waals surface area (Å²) in [6, 6.07) is 14.5. The minimum Gasteiger partial charge on any atom is -0.457 e. The summed E-state index contributed by atoms with van der Waals surface area (Å²) in [5, 5.41) is 15.2. The number of nitrogen functional groups attached to an aromatic ring is 2. The molecule has 0 unspecified atom stereocenters. The third kappa shape index (κ3) is 5.76. The van der Waals surface area contributed by atoms with E-state index < -0.39 is 0 Å². The highest BCUT2D eigenvalue weighted by molar-refractivity contribution is 5.45. The zero-order valence-corrected chi connectivity index (χ0v) is 10.5. The van der Waals surface area contributed by atoms with Gasteiger partial charge < -0.3 is 26.4 Å². The molecule has 0 aliphatic carbocycles.